The highest BCUT2D eigenvalue weighted by Crippen LogP contribution is 2.13. The molecule has 0 fully saturated rings. The van der Waals surface area contributed by atoms with Gasteiger partial charge in [0.25, 0.3) is 0 Å². The lowest BCUT2D eigenvalue weighted by molar-refractivity contribution is 0.546. The molecule has 0 spiro atoms. The maximum absolute atomic E-state index is 12.7. The maximum Gasteiger partial charge on any atom is 0.154 e. The van der Waals surface area contributed by atoms with Crippen LogP contribution in [-0.2, 0) is 9.84 Å². The lowest BCUT2D eigenvalue weighted by Gasteiger charge is -2.16. The molecule has 0 heterocycles. The standard InChI is InChI=1S/C13H20FNO2S/c1-10(2)11(3)18(16,17)9-8-15-13-6-4-12(14)5-7-13/h4-7,10-11,15H,8-9H2,1-3H3. The Hall–Kier alpha value is -1.10. The van der Waals surface area contributed by atoms with Gasteiger partial charge in [-0.05, 0) is 37.1 Å². The molecule has 1 aromatic carbocycles. The van der Waals surface area contributed by atoms with Crippen LogP contribution in [0, 0.1) is 11.7 Å². The van der Waals surface area contributed by atoms with Gasteiger partial charge in [-0.3, -0.25) is 0 Å². The molecule has 0 saturated carbocycles. The molecule has 0 aliphatic heterocycles. The van der Waals surface area contributed by atoms with E-state index in [0.29, 0.717) is 6.54 Å². The van der Waals surface area contributed by atoms with Gasteiger partial charge in [-0.25, -0.2) is 12.8 Å². The average Bonchev–Trinajstić information content (AvgIpc) is 2.30. The van der Waals surface area contributed by atoms with Crippen molar-refractivity contribution in [1.29, 1.82) is 0 Å². The zero-order chi connectivity index (χ0) is 13.8. The SMILES string of the molecule is CC(C)C(C)S(=O)(=O)CCNc1ccc(F)cc1. The molecule has 0 amide bonds. The largest absolute Gasteiger partial charge is 0.384 e. The Morgan fingerprint density at radius 3 is 2.22 bits per heavy atom. The first-order chi connectivity index (χ1) is 8.33. The fourth-order valence-corrected chi connectivity index (χ4v) is 3.09. The van der Waals surface area contributed by atoms with Gasteiger partial charge in [0, 0.05) is 12.2 Å². The van der Waals surface area contributed by atoms with Crippen LogP contribution in [0.5, 0.6) is 0 Å². The second kappa shape index (κ2) is 6.18. The predicted octanol–water partition coefficient (Wildman–Crippen LogP) is 2.70. The Balaban J connectivity index is 2.49. The summed E-state index contributed by atoms with van der Waals surface area (Å²) in [5, 5.41) is 2.64. The van der Waals surface area contributed by atoms with E-state index in [9.17, 15) is 12.8 Å². The van der Waals surface area contributed by atoms with E-state index in [1.54, 1.807) is 19.1 Å². The van der Waals surface area contributed by atoms with Gasteiger partial charge in [0.15, 0.2) is 9.84 Å². The fraction of sp³-hybridized carbons (Fsp3) is 0.538. The van der Waals surface area contributed by atoms with Crippen molar-refractivity contribution in [1.82, 2.24) is 0 Å². The van der Waals surface area contributed by atoms with Crippen molar-refractivity contribution >= 4 is 15.5 Å². The average molecular weight is 273 g/mol. The molecular formula is C13H20FNO2S. The van der Waals surface area contributed by atoms with Crippen molar-refractivity contribution in [3.63, 3.8) is 0 Å². The van der Waals surface area contributed by atoms with E-state index in [0.717, 1.165) is 5.69 Å². The molecule has 0 aliphatic rings. The highest BCUT2D eigenvalue weighted by atomic mass is 32.2. The Kier molecular flexibility index (Phi) is 5.14. The van der Waals surface area contributed by atoms with Gasteiger partial charge in [0.1, 0.15) is 5.82 Å². The Morgan fingerprint density at radius 1 is 1.17 bits per heavy atom. The van der Waals surface area contributed by atoms with Crippen LogP contribution in [0.4, 0.5) is 10.1 Å². The third kappa shape index (κ3) is 4.29. The van der Waals surface area contributed by atoms with Crippen LogP contribution in [-0.4, -0.2) is 26.0 Å². The van der Waals surface area contributed by atoms with Gasteiger partial charge in [-0.2, -0.15) is 0 Å². The molecule has 1 unspecified atom stereocenters. The van der Waals surface area contributed by atoms with Gasteiger partial charge >= 0.3 is 0 Å². The molecule has 5 heteroatoms. The molecule has 0 aromatic heterocycles. The topological polar surface area (TPSA) is 46.2 Å². The summed E-state index contributed by atoms with van der Waals surface area (Å²) in [6.07, 6.45) is 0. The molecule has 1 aromatic rings. The summed E-state index contributed by atoms with van der Waals surface area (Å²) >= 11 is 0. The molecule has 1 rings (SSSR count). The van der Waals surface area contributed by atoms with Gasteiger partial charge in [-0.1, -0.05) is 13.8 Å². The first-order valence-electron chi connectivity index (χ1n) is 6.04. The molecule has 1 N–H and O–H groups in total. The first-order valence-corrected chi connectivity index (χ1v) is 7.75. The number of nitrogens with one attached hydrogen (secondary N) is 1. The van der Waals surface area contributed by atoms with Crippen molar-refractivity contribution in [2.24, 2.45) is 5.92 Å². The summed E-state index contributed by atoms with van der Waals surface area (Å²) < 4.78 is 36.5. The molecular weight excluding hydrogens is 253 g/mol. The number of anilines is 1. The van der Waals surface area contributed by atoms with E-state index >= 15 is 0 Å². The van der Waals surface area contributed by atoms with E-state index in [-0.39, 0.29) is 22.7 Å². The van der Waals surface area contributed by atoms with E-state index in [4.69, 9.17) is 0 Å². The van der Waals surface area contributed by atoms with Crippen molar-refractivity contribution in [3.8, 4) is 0 Å². The molecule has 1 atom stereocenters. The Morgan fingerprint density at radius 2 is 1.72 bits per heavy atom. The van der Waals surface area contributed by atoms with Gasteiger partial charge in [0.05, 0.1) is 11.0 Å². The second-order valence-electron chi connectivity index (χ2n) is 4.75. The quantitative estimate of drug-likeness (QED) is 0.867. The van der Waals surface area contributed by atoms with Crippen molar-refractivity contribution in [3.05, 3.63) is 30.1 Å². The molecule has 0 radical (unpaired) electrons. The number of halogens is 1. The molecule has 0 aliphatic carbocycles. The Labute approximate surface area is 108 Å². The summed E-state index contributed by atoms with van der Waals surface area (Å²) in [6, 6.07) is 5.86. The number of hydrogen-bond acceptors (Lipinski definition) is 3. The lowest BCUT2D eigenvalue weighted by Crippen LogP contribution is -2.29. The zero-order valence-electron chi connectivity index (χ0n) is 11.0. The van der Waals surface area contributed by atoms with Crippen LogP contribution < -0.4 is 5.32 Å². The van der Waals surface area contributed by atoms with Gasteiger partial charge in [0.2, 0.25) is 0 Å². The van der Waals surface area contributed by atoms with Crippen molar-refractivity contribution in [2.75, 3.05) is 17.6 Å². The van der Waals surface area contributed by atoms with E-state index < -0.39 is 9.84 Å². The van der Waals surface area contributed by atoms with Crippen LogP contribution in [0.1, 0.15) is 20.8 Å². The molecule has 18 heavy (non-hydrogen) atoms. The monoisotopic (exact) mass is 273 g/mol. The van der Waals surface area contributed by atoms with Crippen LogP contribution in [0.25, 0.3) is 0 Å². The second-order valence-corrected chi connectivity index (χ2v) is 7.23. The van der Waals surface area contributed by atoms with Crippen molar-refractivity contribution < 1.29 is 12.8 Å². The number of sulfone groups is 1. The zero-order valence-corrected chi connectivity index (χ0v) is 11.8. The normalized spacial score (nSPS) is 13.6. The fourth-order valence-electron chi connectivity index (χ4n) is 1.51. The minimum atomic E-state index is -3.07. The predicted molar refractivity (Wildman–Crippen MR) is 73.0 cm³/mol. The van der Waals surface area contributed by atoms with Crippen LogP contribution >= 0.6 is 0 Å². The van der Waals surface area contributed by atoms with Gasteiger partial charge < -0.3 is 5.32 Å². The first kappa shape index (κ1) is 15.0. The van der Waals surface area contributed by atoms with Crippen LogP contribution in [0.15, 0.2) is 24.3 Å². The van der Waals surface area contributed by atoms with Crippen LogP contribution in [0.3, 0.4) is 0 Å². The summed E-state index contributed by atoms with van der Waals surface area (Å²) in [7, 11) is -3.07. The summed E-state index contributed by atoms with van der Waals surface area (Å²) in [6.45, 7) is 5.87. The molecule has 0 saturated heterocycles. The summed E-state index contributed by atoms with van der Waals surface area (Å²) in [5.74, 6) is -0.105. The van der Waals surface area contributed by atoms with Crippen LogP contribution in [0.2, 0.25) is 0 Å². The van der Waals surface area contributed by atoms with Crippen molar-refractivity contribution in [2.45, 2.75) is 26.0 Å². The van der Waals surface area contributed by atoms with E-state index in [1.165, 1.54) is 12.1 Å². The van der Waals surface area contributed by atoms with Gasteiger partial charge in [-0.15, -0.1) is 0 Å². The minimum Gasteiger partial charge on any atom is -0.384 e. The third-order valence-electron chi connectivity index (χ3n) is 3.07. The van der Waals surface area contributed by atoms with E-state index in [1.807, 2.05) is 13.8 Å². The van der Waals surface area contributed by atoms with E-state index in [2.05, 4.69) is 5.32 Å². The molecule has 102 valence electrons. The number of benzene rings is 1. The smallest absolute Gasteiger partial charge is 0.154 e. The Bertz CT molecular complexity index is 468. The summed E-state index contributed by atoms with van der Waals surface area (Å²) in [4.78, 5) is 0. The highest BCUT2D eigenvalue weighted by Gasteiger charge is 2.23. The summed E-state index contributed by atoms with van der Waals surface area (Å²) in [5.41, 5.74) is 0.726. The third-order valence-corrected chi connectivity index (χ3v) is 5.52. The lowest BCUT2D eigenvalue weighted by atomic mass is 10.2. The number of hydrogen-bond donors (Lipinski definition) is 1. The maximum atomic E-state index is 12.7. The highest BCUT2D eigenvalue weighted by molar-refractivity contribution is 7.92. The minimum absolute atomic E-state index is 0.0870. The number of rotatable bonds is 6. The molecule has 3 nitrogen and oxygen atoms in total. The molecule has 0 bridgehead atoms.